The maximum atomic E-state index is 13.1. The van der Waals surface area contributed by atoms with Gasteiger partial charge in [-0.25, -0.2) is 4.39 Å². The van der Waals surface area contributed by atoms with Crippen molar-refractivity contribution in [3.63, 3.8) is 0 Å². The molecule has 3 nitrogen and oxygen atoms in total. The van der Waals surface area contributed by atoms with E-state index >= 15 is 0 Å². The predicted octanol–water partition coefficient (Wildman–Crippen LogP) is 2.81. The van der Waals surface area contributed by atoms with Crippen LogP contribution in [0.5, 0.6) is 0 Å². The summed E-state index contributed by atoms with van der Waals surface area (Å²) in [5.41, 5.74) is 8.38. The normalized spacial score (nSPS) is 10.9. The van der Waals surface area contributed by atoms with Crippen LogP contribution >= 0.6 is 0 Å². The van der Waals surface area contributed by atoms with E-state index in [1.807, 2.05) is 35.0 Å². The summed E-state index contributed by atoms with van der Waals surface area (Å²) in [6.07, 6.45) is 4.84. The fourth-order valence-corrected chi connectivity index (χ4v) is 2.08. The molecule has 0 bridgehead atoms. The second-order valence-corrected chi connectivity index (χ2v) is 4.27. The van der Waals surface area contributed by atoms with E-state index in [4.69, 9.17) is 5.73 Å². The number of aromatic nitrogens is 2. The van der Waals surface area contributed by atoms with E-state index in [9.17, 15) is 4.39 Å². The lowest BCUT2D eigenvalue weighted by atomic mass is 10.2. The van der Waals surface area contributed by atoms with Gasteiger partial charge in [0.1, 0.15) is 5.82 Å². The molecule has 2 heterocycles. The van der Waals surface area contributed by atoms with Crippen molar-refractivity contribution >= 4 is 16.6 Å². The molecule has 2 N–H and O–H groups in total. The van der Waals surface area contributed by atoms with Gasteiger partial charge >= 0.3 is 0 Å². The van der Waals surface area contributed by atoms with Gasteiger partial charge in [-0.15, -0.1) is 0 Å². The monoisotopic (exact) mass is 241 g/mol. The van der Waals surface area contributed by atoms with Gasteiger partial charge in [0.05, 0.1) is 11.7 Å². The number of hydrogen-bond donors (Lipinski definition) is 1. The number of nitrogens with zero attached hydrogens (tertiary/aromatic N) is 2. The van der Waals surface area contributed by atoms with Gasteiger partial charge in [-0.1, -0.05) is 6.07 Å². The van der Waals surface area contributed by atoms with Crippen molar-refractivity contribution in [2.24, 2.45) is 0 Å². The molecule has 18 heavy (non-hydrogen) atoms. The van der Waals surface area contributed by atoms with Gasteiger partial charge in [0.15, 0.2) is 0 Å². The van der Waals surface area contributed by atoms with E-state index < -0.39 is 0 Å². The van der Waals surface area contributed by atoms with Crippen LogP contribution in [0.15, 0.2) is 48.9 Å². The molecule has 3 rings (SSSR count). The van der Waals surface area contributed by atoms with Crippen LogP contribution in [0.3, 0.4) is 0 Å². The highest BCUT2D eigenvalue weighted by atomic mass is 19.1. The molecule has 90 valence electrons. The maximum absolute atomic E-state index is 13.1. The molecule has 3 aromatic rings. The van der Waals surface area contributed by atoms with Gasteiger partial charge < -0.3 is 10.3 Å². The van der Waals surface area contributed by atoms with Crippen LogP contribution in [-0.4, -0.2) is 9.55 Å². The van der Waals surface area contributed by atoms with Crippen molar-refractivity contribution < 1.29 is 4.39 Å². The Morgan fingerprint density at radius 3 is 2.89 bits per heavy atom. The third-order valence-corrected chi connectivity index (χ3v) is 2.91. The summed E-state index contributed by atoms with van der Waals surface area (Å²) in [5.74, 6) is -0.316. The average Bonchev–Trinajstić information content (AvgIpc) is 2.72. The standard InChI is InChI=1S/C14H12FN3/c15-12-5-10(7-17-8-12)9-18-4-3-11-1-2-13(16)6-14(11)18/h1-8H,9,16H2. The first-order valence-corrected chi connectivity index (χ1v) is 5.66. The number of hydrogen-bond acceptors (Lipinski definition) is 2. The Morgan fingerprint density at radius 2 is 2.06 bits per heavy atom. The fourth-order valence-electron chi connectivity index (χ4n) is 2.08. The number of nitrogen functional groups attached to an aromatic ring is 1. The Bertz CT molecular complexity index is 703. The van der Waals surface area contributed by atoms with E-state index in [0.29, 0.717) is 6.54 Å². The zero-order valence-corrected chi connectivity index (χ0v) is 9.68. The van der Waals surface area contributed by atoms with Crippen molar-refractivity contribution in [1.29, 1.82) is 0 Å². The van der Waals surface area contributed by atoms with Crippen LogP contribution in [0, 0.1) is 5.82 Å². The third-order valence-electron chi connectivity index (χ3n) is 2.91. The summed E-state index contributed by atoms with van der Waals surface area (Å²) in [6.45, 7) is 0.581. The largest absolute Gasteiger partial charge is 0.399 e. The molecule has 0 unspecified atom stereocenters. The van der Waals surface area contributed by atoms with E-state index in [-0.39, 0.29) is 5.82 Å². The molecule has 0 atom stereocenters. The number of pyridine rings is 1. The summed E-state index contributed by atoms with van der Waals surface area (Å²) in [7, 11) is 0. The van der Waals surface area contributed by atoms with Crippen LogP contribution < -0.4 is 5.73 Å². The second-order valence-electron chi connectivity index (χ2n) is 4.27. The molecular weight excluding hydrogens is 229 g/mol. The quantitative estimate of drug-likeness (QED) is 0.701. The number of rotatable bonds is 2. The highest BCUT2D eigenvalue weighted by Crippen LogP contribution is 2.19. The SMILES string of the molecule is Nc1ccc2ccn(Cc3cncc(F)c3)c2c1. The van der Waals surface area contributed by atoms with Crippen molar-refractivity contribution in [2.75, 3.05) is 5.73 Å². The van der Waals surface area contributed by atoms with Crippen LogP contribution in [-0.2, 0) is 6.54 Å². The molecule has 0 saturated carbocycles. The Kier molecular flexibility index (Phi) is 2.48. The molecule has 0 radical (unpaired) electrons. The number of nitrogens with two attached hydrogens (primary N) is 1. The zero-order valence-electron chi connectivity index (χ0n) is 9.68. The molecule has 0 aliphatic rings. The van der Waals surface area contributed by atoms with Crippen molar-refractivity contribution in [1.82, 2.24) is 9.55 Å². The third kappa shape index (κ3) is 1.93. The molecule has 0 aliphatic heterocycles. The molecule has 0 amide bonds. The lowest BCUT2D eigenvalue weighted by Crippen LogP contribution is -1.99. The minimum absolute atomic E-state index is 0.316. The Labute approximate surface area is 104 Å². The molecular formula is C14H12FN3. The smallest absolute Gasteiger partial charge is 0.141 e. The van der Waals surface area contributed by atoms with Gasteiger partial charge in [-0.2, -0.15) is 0 Å². The van der Waals surface area contributed by atoms with E-state index in [0.717, 1.165) is 22.2 Å². The summed E-state index contributed by atoms with van der Waals surface area (Å²) in [5, 5.41) is 1.12. The lowest BCUT2D eigenvalue weighted by Gasteiger charge is -2.06. The van der Waals surface area contributed by atoms with Gasteiger partial charge in [-0.05, 0) is 35.2 Å². The number of benzene rings is 1. The minimum atomic E-state index is -0.316. The number of fused-ring (bicyclic) bond motifs is 1. The van der Waals surface area contributed by atoms with Crippen LogP contribution in [0.25, 0.3) is 10.9 Å². The Morgan fingerprint density at radius 1 is 1.17 bits per heavy atom. The predicted molar refractivity (Wildman–Crippen MR) is 69.6 cm³/mol. The highest BCUT2D eigenvalue weighted by Gasteiger charge is 2.03. The first-order valence-electron chi connectivity index (χ1n) is 5.66. The Hall–Kier alpha value is -2.36. The number of halogens is 1. The molecule has 2 aromatic heterocycles. The summed E-state index contributed by atoms with van der Waals surface area (Å²) in [4.78, 5) is 3.85. The lowest BCUT2D eigenvalue weighted by molar-refractivity contribution is 0.617. The molecule has 0 saturated heterocycles. The Balaban J connectivity index is 2.02. The first-order chi connectivity index (χ1) is 8.72. The van der Waals surface area contributed by atoms with Crippen LogP contribution in [0.1, 0.15) is 5.56 Å². The van der Waals surface area contributed by atoms with Crippen molar-refractivity contribution in [3.05, 3.63) is 60.3 Å². The molecule has 1 aromatic carbocycles. The van der Waals surface area contributed by atoms with Crippen molar-refractivity contribution in [3.8, 4) is 0 Å². The van der Waals surface area contributed by atoms with Gasteiger partial charge in [0.2, 0.25) is 0 Å². The maximum Gasteiger partial charge on any atom is 0.141 e. The van der Waals surface area contributed by atoms with E-state index in [1.165, 1.54) is 12.3 Å². The average molecular weight is 241 g/mol. The summed E-state index contributed by atoms with van der Waals surface area (Å²) < 4.78 is 15.1. The van der Waals surface area contributed by atoms with Crippen LogP contribution in [0.2, 0.25) is 0 Å². The van der Waals surface area contributed by atoms with E-state index in [2.05, 4.69) is 4.98 Å². The van der Waals surface area contributed by atoms with E-state index in [1.54, 1.807) is 6.20 Å². The number of anilines is 1. The molecule has 0 fully saturated rings. The zero-order chi connectivity index (χ0) is 12.5. The molecule has 0 spiro atoms. The van der Waals surface area contributed by atoms with Gasteiger partial charge in [0, 0.05) is 24.6 Å². The van der Waals surface area contributed by atoms with Gasteiger partial charge in [-0.3, -0.25) is 4.98 Å². The highest BCUT2D eigenvalue weighted by molar-refractivity contribution is 5.83. The van der Waals surface area contributed by atoms with Crippen molar-refractivity contribution in [2.45, 2.75) is 6.54 Å². The first kappa shape index (κ1) is 10.8. The topological polar surface area (TPSA) is 43.8 Å². The fraction of sp³-hybridized carbons (Fsp3) is 0.0714. The molecule has 4 heteroatoms. The summed E-state index contributed by atoms with van der Waals surface area (Å²) >= 11 is 0. The second kappa shape index (κ2) is 4.14. The minimum Gasteiger partial charge on any atom is -0.399 e. The molecule has 0 aliphatic carbocycles. The van der Waals surface area contributed by atoms with Crippen LogP contribution in [0.4, 0.5) is 10.1 Å². The van der Waals surface area contributed by atoms with Gasteiger partial charge in [0.25, 0.3) is 0 Å². The summed E-state index contributed by atoms with van der Waals surface area (Å²) in [6, 6.07) is 9.27.